The summed E-state index contributed by atoms with van der Waals surface area (Å²) in [6, 6.07) is 0. The zero-order valence-corrected chi connectivity index (χ0v) is 9.04. The van der Waals surface area contributed by atoms with E-state index in [-0.39, 0.29) is 6.08 Å². The number of rotatable bonds is 6. The molecule has 0 rings (SSSR count). The molecule has 0 aromatic rings. The van der Waals surface area contributed by atoms with E-state index in [0.717, 1.165) is 6.08 Å². The fraction of sp³-hybridized carbons (Fsp3) is 0.556. The normalized spacial score (nSPS) is 13.5. The molecular weight excluding hydrogens is 264 g/mol. The van der Waals surface area contributed by atoms with Crippen LogP contribution in [0.15, 0.2) is 24.8 Å². The van der Waals surface area contributed by atoms with Crippen LogP contribution in [0.2, 0.25) is 0 Å². The summed E-state index contributed by atoms with van der Waals surface area (Å²) in [7, 11) is 0. The molecule has 0 saturated carbocycles. The number of allylic oxidation sites excluding steroid dienone is 3. The number of halogens is 5. The van der Waals surface area contributed by atoms with Crippen molar-refractivity contribution >= 4 is 15.9 Å². The minimum absolute atomic E-state index is 0.227. The van der Waals surface area contributed by atoms with E-state index in [1.54, 1.807) is 22.0 Å². The molecule has 82 valence electrons. The van der Waals surface area contributed by atoms with Gasteiger partial charge in [-0.15, -0.1) is 6.58 Å². The second-order valence-electron chi connectivity index (χ2n) is 2.74. The Bertz CT molecular complexity index is 205. The molecule has 0 nitrogen and oxygen atoms in total. The van der Waals surface area contributed by atoms with Crippen molar-refractivity contribution in [1.29, 1.82) is 0 Å². The molecule has 0 fully saturated rings. The van der Waals surface area contributed by atoms with Crippen LogP contribution in [0.25, 0.3) is 0 Å². The minimum atomic E-state index is -4.19. The van der Waals surface area contributed by atoms with Gasteiger partial charge in [0.1, 0.15) is 0 Å². The van der Waals surface area contributed by atoms with Crippen molar-refractivity contribution in [2.45, 2.75) is 30.0 Å². The standard InChI is InChI=1S/C9H11BrF4/c1-2-3-4-5-6-7-8(11,12)9(10,13)14/h2,6-7H,1,3-5H2/b7-6+. The number of unbranched alkanes of at least 4 members (excludes halogenated alkanes) is 2. The van der Waals surface area contributed by atoms with Crippen LogP contribution in [-0.4, -0.2) is 10.8 Å². The van der Waals surface area contributed by atoms with Crippen LogP contribution in [0, 0.1) is 0 Å². The Morgan fingerprint density at radius 3 is 2.14 bits per heavy atom. The second-order valence-corrected chi connectivity index (χ2v) is 3.74. The highest BCUT2D eigenvalue weighted by Gasteiger charge is 2.51. The first-order valence-electron chi connectivity index (χ1n) is 4.04. The zero-order valence-electron chi connectivity index (χ0n) is 7.45. The summed E-state index contributed by atoms with van der Waals surface area (Å²) in [6.45, 7) is 3.45. The third kappa shape index (κ3) is 4.79. The molecule has 0 aromatic carbocycles. The lowest BCUT2D eigenvalue weighted by atomic mass is 10.2. The van der Waals surface area contributed by atoms with Gasteiger partial charge in [0.15, 0.2) is 0 Å². The van der Waals surface area contributed by atoms with Gasteiger partial charge < -0.3 is 0 Å². The summed E-state index contributed by atoms with van der Waals surface area (Å²) in [4.78, 5) is -4.19. The first-order valence-corrected chi connectivity index (χ1v) is 4.83. The van der Waals surface area contributed by atoms with Crippen LogP contribution in [0.3, 0.4) is 0 Å². The third-order valence-electron chi connectivity index (χ3n) is 1.48. The zero-order chi connectivity index (χ0) is 11.2. The molecule has 0 N–H and O–H groups in total. The summed E-state index contributed by atoms with van der Waals surface area (Å²) in [5.74, 6) is -4.14. The Hall–Kier alpha value is -0.320. The predicted molar refractivity (Wildman–Crippen MR) is 52.0 cm³/mol. The van der Waals surface area contributed by atoms with Crippen molar-refractivity contribution in [2.24, 2.45) is 0 Å². The SMILES string of the molecule is C=CCCC/C=C/C(F)(F)C(F)(F)Br. The summed E-state index contributed by atoms with van der Waals surface area (Å²) >= 11 is 1.63. The highest BCUT2D eigenvalue weighted by molar-refractivity contribution is 9.10. The number of alkyl halides is 5. The molecule has 0 amide bonds. The summed E-state index contributed by atoms with van der Waals surface area (Å²) in [6.07, 6.45) is 4.57. The highest BCUT2D eigenvalue weighted by Crippen LogP contribution is 2.40. The van der Waals surface area contributed by atoms with Crippen molar-refractivity contribution in [1.82, 2.24) is 0 Å². The molecule has 0 aliphatic rings. The van der Waals surface area contributed by atoms with E-state index in [4.69, 9.17) is 0 Å². The smallest absolute Gasteiger partial charge is 0.194 e. The van der Waals surface area contributed by atoms with Crippen molar-refractivity contribution in [2.75, 3.05) is 0 Å². The first kappa shape index (κ1) is 13.7. The summed E-state index contributed by atoms with van der Waals surface area (Å²) < 4.78 is 49.4. The number of hydrogen-bond donors (Lipinski definition) is 0. The van der Waals surface area contributed by atoms with Gasteiger partial charge in [0, 0.05) is 0 Å². The van der Waals surface area contributed by atoms with Gasteiger partial charge in [0.05, 0.1) is 0 Å². The number of hydrogen-bond acceptors (Lipinski definition) is 0. The van der Waals surface area contributed by atoms with Crippen molar-refractivity contribution < 1.29 is 17.6 Å². The lowest BCUT2D eigenvalue weighted by Gasteiger charge is -2.17. The van der Waals surface area contributed by atoms with Crippen molar-refractivity contribution in [3.63, 3.8) is 0 Å². The fourth-order valence-corrected chi connectivity index (χ4v) is 0.838. The van der Waals surface area contributed by atoms with Gasteiger partial charge in [-0.3, -0.25) is 0 Å². The van der Waals surface area contributed by atoms with Crippen LogP contribution < -0.4 is 0 Å². The Kier molecular flexibility index (Phi) is 5.41. The van der Waals surface area contributed by atoms with Crippen LogP contribution in [0.4, 0.5) is 17.6 Å². The van der Waals surface area contributed by atoms with Crippen molar-refractivity contribution in [3.05, 3.63) is 24.8 Å². The van der Waals surface area contributed by atoms with Gasteiger partial charge in [-0.2, -0.15) is 17.6 Å². The average molecular weight is 275 g/mol. The molecule has 14 heavy (non-hydrogen) atoms. The summed E-state index contributed by atoms with van der Waals surface area (Å²) in [5, 5.41) is 0. The molecule has 0 atom stereocenters. The van der Waals surface area contributed by atoms with E-state index in [2.05, 4.69) is 6.58 Å². The van der Waals surface area contributed by atoms with Crippen molar-refractivity contribution in [3.8, 4) is 0 Å². The van der Waals surface area contributed by atoms with E-state index in [0.29, 0.717) is 19.3 Å². The molecule has 5 heteroatoms. The van der Waals surface area contributed by atoms with Gasteiger partial charge in [0.2, 0.25) is 0 Å². The fourth-order valence-electron chi connectivity index (χ4n) is 0.706. The Morgan fingerprint density at radius 1 is 1.14 bits per heavy atom. The molecular formula is C9H11BrF4. The molecule has 0 heterocycles. The maximum atomic E-state index is 12.5. The molecule has 0 aromatic heterocycles. The molecule has 0 aliphatic carbocycles. The summed E-state index contributed by atoms with van der Waals surface area (Å²) in [5.41, 5.74) is 0. The van der Waals surface area contributed by atoms with E-state index >= 15 is 0 Å². The molecule has 0 spiro atoms. The van der Waals surface area contributed by atoms with Gasteiger partial charge >= 0.3 is 10.8 Å². The third-order valence-corrected chi connectivity index (χ3v) is 2.01. The quantitative estimate of drug-likeness (QED) is 0.289. The molecule has 0 saturated heterocycles. The maximum Gasteiger partial charge on any atom is 0.367 e. The van der Waals surface area contributed by atoms with Crippen LogP contribution in [0.1, 0.15) is 19.3 Å². The van der Waals surface area contributed by atoms with Gasteiger partial charge in [0.25, 0.3) is 0 Å². The topological polar surface area (TPSA) is 0 Å². The van der Waals surface area contributed by atoms with Crippen LogP contribution in [0.5, 0.6) is 0 Å². The molecule has 0 aliphatic heterocycles. The molecule has 0 radical (unpaired) electrons. The second kappa shape index (κ2) is 5.53. The Balaban J connectivity index is 4.02. The van der Waals surface area contributed by atoms with E-state index in [1.165, 1.54) is 0 Å². The lowest BCUT2D eigenvalue weighted by Crippen LogP contribution is -2.32. The average Bonchev–Trinajstić information content (AvgIpc) is 2.02. The molecule has 0 unspecified atom stereocenters. The van der Waals surface area contributed by atoms with Gasteiger partial charge in [-0.05, 0) is 41.3 Å². The van der Waals surface area contributed by atoms with E-state index < -0.39 is 10.8 Å². The van der Waals surface area contributed by atoms with E-state index in [1.807, 2.05) is 0 Å². The van der Waals surface area contributed by atoms with Gasteiger partial charge in [-0.1, -0.05) is 12.2 Å². The van der Waals surface area contributed by atoms with Gasteiger partial charge in [-0.25, -0.2) is 0 Å². The largest absolute Gasteiger partial charge is 0.367 e. The Morgan fingerprint density at radius 2 is 1.71 bits per heavy atom. The monoisotopic (exact) mass is 274 g/mol. The lowest BCUT2D eigenvalue weighted by molar-refractivity contribution is -0.111. The first-order chi connectivity index (χ1) is 6.31. The Labute approximate surface area is 88.8 Å². The highest BCUT2D eigenvalue weighted by atomic mass is 79.9. The van der Waals surface area contributed by atoms with E-state index in [9.17, 15) is 17.6 Å². The van der Waals surface area contributed by atoms with Crippen LogP contribution >= 0.6 is 15.9 Å². The molecule has 0 bridgehead atoms. The predicted octanol–water partition coefficient (Wildman–Crippen LogP) is 4.52. The van der Waals surface area contributed by atoms with Crippen LogP contribution in [-0.2, 0) is 0 Å². The maximum absolute atomic E-state index is 12.5. The minimum Gasteiger partial charge on any atom is -0.194 e.